The average molecular weight is 496 g/mol. The summed E-state index contributed by atoms with van der Waals surface area (Å²) in [6, 6.07) is 0. The van der Waals surface area contributed by atoms with Crippen molar-refractivity contribution in [1.29, 1.82) is 0 Å². The van der Waals surface area contributed by atoms with Crippen LogP contribution in [0.1, 0.15) is 44.9 Å². The van der Waals surface area contributed by atoms with Crippen LogP contribution in [0.4, 0.5) is 13.2 Å². The molecule has 0 unspecified atom stereocenters. The van der Waals surface area contributed by atoms with Crippen LogP contribution >= 0.6 is 0 Å². The average Bonchev–Trinajstić information content (AvgIpc) is 2.75. The van der Waals surface area contributed by atoms with Gasteiger partial charge in [0.05, 0.1) is 0 Å². The fraction of sp³-hybridized carbons (Fsp3) is 0.905. The Morgan fingerprint density at radius 3 is 1.62 bits per heavy atom. The molecule has 0 heterocycles. The van der Waals surface area contributed by atoms with Crippen molar-refractivity contribution in [3.8, 4) is 0 Å². The SMILES string of the molecule is CB(O)NNC(=O)CCCN(C)CCCCN(C)CCCCN(C)CCCNC(=O)C(F)(F)F. The molecule has 0 saturated carbocycles. The maximum absolute atomic E-state index is 12.1. The Labute approximate surface area is 202 Å². The van der Waals surface area contributed by atoms with Crippen LogP contribution in [0.3, 0.4) is 0 Å². The number of hydrogen-bond acceptors (Lipinski definition) is 7. The summed E-state index contributed by atoms with van der Waals surface area (Å²) in [5, 5.41) is 13.4. The Morgan fingerprint density at radius 1 is 0.794 bits per heavy atom. The van der Waals surface area contributed by atoms with Crippen molar-refractivity contribution < 1.29 is 27.8 Å². The van der Waals surface area contributed by atoms with Gasteiger partial charge in [0, 0.05) is 13.0 Å². The highest BCUT2D eigenvalue weighted by atomic mass is 19.4. The summed E-state index contributed by atoms with van der Waals surface area (Å²) in [6.45, 7) is 6.93. The molecule has 0 spiro atoms. The molecule has 13 heteroatoms. The predicted molar refractivity (Wildman–Crippen MR) is 129 cm³/mol. The molecule has 0 aliphatic carbocycles. The van der Waals surface area contributed by atoms with Crippen LogP contribution in [0.25, 0.3) is 0 Å². The highest BCUT2D eigenvalue weighted by molar-refractivity contribution is 6.45. The van der Waals surface area contributed by atoms with E-state index < -0.39 is 19.1 Å². The van der Waals surface area contributed by atoms with Crippen molar-refractivity contribution in [2.24, 2.45) is 0 Å². The van der Waals surface area contributed by atoms with E-state index in [2.05, 4.69) is 39.6 Å². The summed E-state index contributed by atoms with van der Waals surface area (Å²) in [5.74, 6) is -2.01. The molecule has 0 atom stereocenters. The van der Waals surface area contributed by atoms with Crippen LogP contribution in [0.5, 0.6) is 0 Å². The molecule has 0 saturated heterocycles. The number of nitrogens with one attached hydrogen (secondary N) is 3. The van der Waals surface area contributed by atoms with Crippen molar-refractivity contribution in [2.45, 2.75) is 57.9 Å². The Bertz CT molecular complexity index is 558. The van der Waals surface area contributed by atoms with E-state index in [9.17, 15) is 22.8 Å². The maximum Gasteiger partial charge on any atom is 0.471 e. The maximum atomic E-state index is 12.1. The van der Waals surface area contributed by atoms with Crippen LogP contribution < -0.4 is 16.1 Å². The molecule has 2 amide bonds. The Morgan fingerprint density at radius 2 is 1.21 bits per heavy atom. The van der Waals surface area contributed by atoms with Crippen LogP contribution in [0, 0.1) is 0 Å². The minimum atomic E-state index is -4.81. The van der Waals surface area contributed by atoms with Gasteiger partial charge in [-0.1, -0.05) is 0 Å². The van der Waals surface area contributed by atoms with Gasteiger partial charge in [-0.3, -0.25) is 9.59 Å². The monoisotopic (exact) mass is 496 g/mol. The quantitative estimate of drug-likeness (QED) is 0.113. The van der Waals surface area contributed by atoms with Gasteiger partial charge in [0.15, 0.2) is 0 Å². The fourth-order valence-corrected chi connectivity index (χ4v) is 3.27. The minimum Gasteiger partial charge on any atom is -0.436 e. The summed E-state index contributed by atoms with van der Waals surface area (Å²) in [4.78, 5) is 28.9. The molecular formula is C21H44BF3N6O3. The van der Waals surface area contributed by atoms with Gasteiger partial charge in [0.25, 0.3) is 0 Å². The number of amides is 2. The highest BCUT2D eigenvalue weighted by Crippen LogP contribution is 2.13. The van der Waals surface area contributed by atoms with Gasteiger partial charge < -0.3 is 30.5 Å². The van der Waals surface area contributed by atoms with Gasteiger partial charge in [-0.2, -0.15) is 13.2 Å². The second-order valence-electron chi connectivity index (χ2n) is 8.90. The summed E-state index contributed by atoms with van der Waals surface area (Å²) < 4.78 is 36.3. The van der Waals surface area contributed by atoms with Crippen LogP contribution in [0.2, 0.25) is 6.82 Å². The first-order valence-corrected chi connectivity index (χ1v) is 12.0. The van der Waals surface area contributed by atoms with Crippen molar-refractivity contribution in [3.63, 3.8) is 0 Å². The molecule has 0 rings (SSSR count). The van der Waals surface area contributed by atoms with E-state index in [1.807, 2.05) is 12.4 Å². The lowest BCUT2D eigenvalue weighted by Crippen LogP contribution is -2.45. The second-order valence-corrected chi connectivity index (χ2v) is 8.90. The lowest BCUT2D eigenvalue weighted by atomic mass is 9.91. The normalized spacial score (nSPS) is 12.0. The molecule has 4 N–H and O–H groups in total. The molecule has 0 bridgehead atoms. The van der Waals surface area contributed by atoms with Gasteiger partial charge in [0.1, 0.15) is 0 Å². The lowest BCUT2D eigenvalue weighted by Gasteiger charge is -2.20. The van der Waals surface area contributed by atoms with Crippen LogP contribution in [0.15, 0.2) is 0 Å². The first-order chi connectivity index (χ1) is 15.9. The summed E-state index contributed by atoms with van der Waals surface area (Å²) >= 11 is 0. The third kappa shape index (κ3) is 20.0. The van der Waals surface area contributed by atoms with Gasteiger partial charge in [-0.05, 0) is 106 Å². The zero-order valence-electron chi connectivity index (χ0n) is 21.2. The van der Waals surface area contributed by atoms with Crippen LogP contribution in [-0.2, 0) is 9.59 Å². The molecule has 9 nitrogen and oxygen atoms in total. The lowest BCUT2D eigenvalue weighted by molar-refractivity contribution is -0.173. The number of halogens is 3. The first-order valence-electron chi connectivity index (χ1n) is 12.0. The number of carbonyl (C=O) groups is 2. The Kier molecular flexibility index (Phi) is 18.1. The van der Waals surface area contributed by atoms with Gasteiger partial charge >= 0.3 is 19.1 Å². The van der Waals surface area contributed by atoms with Gasteiger partial charge in [0.2, 0.25) is 5.91 Å². The third-order valence-electron chi connectivity index (χ3n) is 5.28. The van der Waals surface area contributed by atoms with E-state index >= 15 is 0 Å². The zero-order chi connectivity index (χ0) is 26.0. The number of hydrazine groups is 1. The van der Waals surface area contributed by atoms with Crippen molar-refractivity contribution in [1.82, 2.24) is 30.8 Å². The van der Waals surface area contributed by atoms with E-state index in [0.717, 1.165) is 64.8 Å². The number of hydrogen-bond donors (Lipinski definition) is 4. The summed E-state index contributed by atoms with van der Waals surface area (Å²) in [7, 11) is 5.33. The molecule has 200 valence electrons. The largest absolute Gasteiger partial charge is 0.471 e. The number of alkyl halides is 3. The molecule has 0 aromatic heterocycles. The van der Waals surface area contributed by atoms with Gasteiger partial charge in [-0.15, -0.1) is 0 Å². The van der Waals surface area contributed by atoms with Crippen molar-refractivity contribution >= 4 is 18.9 Å². The predicted octanol–water partition coefficient (Wildman–Crippen LogP) is 0.922. The van der Waals surface area contributed by atoms with Crippen molar-refractivity contribution in [3.05, 3.63) is 0 Å². The first kappa shape index (κ1) is 32.6. The molecular weight excluding hydrogens is 452 g/mol. The van der Waals surface area contributed by atoms with Crippen LogP contribution in [-0.4, -0.2) is 112 Å². The molecule has 0 fully saturated rings. The van der Waals surface area contributed by atoms with E-state index in [1.54, 1.807) is 0 Å². The van der Waals surface area contributed by atoms with E-state index in [0.29, 0.717) is 19.4 Å². The third-order valence-corrected chi connectivity index (χ3v) is 5.28. The minimum absolute atomic E-state index is 0.0252. The zero-order valence-corrected chi connectivity index (χ0v) is 21.2. The smallest absolute Gasteiger partial charge is 0.436 e. The number of unbranched alkanes of at least 4 members (excludes halogenated alkanes) is 2. The second kappa shape index (κ2) is 18.9. The molecule has 0 radical (unpaired) electrons. The Balaban J connectivity index is 3.60. The highest BCUT2D eigenvalue weighted by Gasteiger charge is 2.38. The Hall–Kier alpha value is -1.41. The molecule has 0 aromatic carbocycles. The molecule has 0 aliphatic rings. The standard InChI is InChI=1S/C21H44BF3N6O3/c1-22(34)28-27-19(32)11-9-17-30(3)15-7-5-13-29(2)14-6-8-16-31(4)18-10-12-26-20(33)21(23,24)25/h28,34H,5-18H2,1-4H3,(H,26,33)(H,27,32). The van der Waals surface area contributed by atoms with Crippen molar-refractivity contribution in [2.75, 3.05) is 67.0 Å². The fourth-order valence-electron chi connectivity index (χ4n) is 3.27. The topological polar surface area (TPSA) is 100 Å². The molecule has 0 aromatic rings. The molecule has 34 heavy (non-hydrogen) atoms. The van der Waals surface area contributed by atoms with E-state index in [1.165, 1.54) is 6.82 Å². The van der Waals surface area contributed by atoms with Gasteiger partial charge in [-0.25, -0.2) is 5.34 Å². The number of carbonyl (C=O) groups excluding carboxylic acids is 2. The number of nitrogens with zero attached hydrogens (tertiary/aromatic N) is 3. The van der Waals surface area contributed by atoms with E-state index in [4.69, 9.17) is 5.02 Å². The number of rotatable bonds is 20. The van der Waals surface area contributed by atoms with E-state index in [-0.39, 0.29) is 12.5 Å². The molecule has 0 aliphatic heterocycles. The summed E-state index contributed by atoms with van der Waals surface area (Å²) in [6.07, 6.45) is 1.10. The summed E-state index contributed by atoms with van der Waals surface area (Å²) in [5.41, 5.74) is 2.45.